The number of rotatable bonds is 15. The van der Waals surface area contributed by atoms with Crippen LogP contribution in [0.1, 0.15) is 39.0 Å². The average Bonchev–Trinajstić information content (AvgIpc) is 3.66. The highest BCUT2D eigenvalue weighted by atomic mass is 16.6. The molecule has 0 aromatic carbocycles. The maximum absolute atomic E-state index is 10.9. The van der Waals surface area contributed by atoms with E-state index in [0.29, 0.717) is 63.8 Å². The minimum atomic E-state index is -0.166. The van der Waals surface area contributed by atoms with Gasteiger partial charge in [-0.25, -0.2) is 0 Å². The van der Waals surface area contributed by atoms with Crippen molar-refractivity contribution in [3.8, 4) is 0 Å². The lowest BCUT2D eigenvalue weighted by Crippen LogP contribution is -2.08. The maximum Gasteiger partial charge on any atom is 0.306 e. The molecule has 0 spiro atoms. The van der Waals surface area contributed by atoms with Gasteiger partial charge in [-0.2, -0.15) is 0 Å². The monoisotopic (exact) mass is 498 g/mol. The van der Waals surface area contributed by atoms with E-state index in [1.165, 1.54) is 0 Å². The Balaban J connectivity index is 0.000000246. The standard InChI is InChI=1S/C9H14O3.C8H12O3.C6H10O2.C3H6O/c1-2-3-4-9(10)11-6-5-8-7-12-8;1-2-3-4-8(9)11-6-7-5-10-7;1-2-3-7-4-6-5-8-6;1-3-2-4-3/h2,8H,1,3-7H2;2,7H,1,3-6H2;2,6H,1,3-5H2;3H,2H2,1H3. The van der Waals surface area contributed by atoms with Crippen molar-refractivity contribution in [1.82, 2.24) is 0 Å². The van der Waals surface area contributed by atoms with Gasteiger partial charge in [-0.3, -0.25) is 9.59 Å². The topological polar surface area (TPSA) is 112 Å². The first-order chi connectivity index (χ1) is 17.0. The van der Waals surface area contributed by atoms with Crippen LogP contribution >= 0.6 is 0 Å². The number of hydrogen-bond donors (Lipinski definition) is 0. The SMILES string of the molecule is C=CCCC(=O)OCC1CO1.C=CCCC(=O)OCCC1CO1.C=CCOCC1CO1.CC1CO1. The van der Waals surface area contributed by atoms with Gasteiger partial charge in [-0.1, -0.05) is 18.2 Å². The lowest BCUT2D eigenvalue weighted by Gasteiger charge is -2.00. The van der Waals surface area contributed by atoms with Crippen LogP contribution in [0.5, 0.6) is 0 Å². The average molecular weight is 499 g/mol. The van der Waals surface area contributed by atoms with E-state index < -0.39 is 0 Å². The van der Waals surface area contributed by atoms with Gasteiger partial charge in [0, 0.05) is 19.3 Å². The van der Waals surface area contributed by atoms with Gasteiger partial charge < -0.3 is 33.2 Å². The van der Waals surface area contributed by atoms with E-state index in [2.05, 4.69) is 26.7 Å². The summed E-state index contributed by atoms with van der Waals surface area (Å²) in [6.45, 7) is 18.3. The number of ether oxygens (including phenoxy) is 7. The van der Waals surface area contributed by atoms with Crippen LogP contribution in [0.3, 0.4) is 0 Å². The van der Waals surface area contributed by atoms with Crippen LogP contribution in [-0.2, 0) is 42.7 Å². The van der Waals surface area contributed by atoms with E-state index in [0.717, 1.165) is 39.5 Å². The lowest BCUT2D eigenvalue weighted by atomic mass is 10.3. The van der Waals surface area contributed by atoms with E-state index in [1.54, 1.807) is 18.2 Å². The van der Waals surface area contributed by atoms with Gasteiger partial charge in [-0.15, -0.1) is 19.7 Å². The number of epoxide rings is 4. The Bertz CT molecular complexity index is 606. The second-order valence-electron chi connectivity index (χ2n) is 8.18. The van der Waals surface area contributed by atoms with Crippen LogP contribution in [0.4, 0.5) is 0 Å². The molecule has 4 heterocycles. The molecule has 9 heteroatoms. The first-order valence-electron chi connectivity index (χ1n) is 12.2. The normalized spacial score (nSPS) is 23.8. The highest BCUT2D eigenvalue weighted by molar-refractivity contribution is 5.69. The number of carbonyl (C=O) groups is 2. The summed E-state index contributed by atoms with van der Waals surface area (Å²) in [7, 11) is 0. The zero-order valence-electron chi connectivity index (χ0n) is 21.0. The third kappa shape index (κ3) is 24.9. The van der Waals surface area contributed by atoms with E-state index in [9.17, 15) is 9.59 Å². The lowest BCUT2D eigenvalue weighted by molar-refractivity contribution is -0.144. The van der Waals surface area contributed by atoms with Gasteiger partial charge in [0.1, 0.15) is 18.8 Å². The summed E-state index contributed by atoms with van der Waals surface area (Å²) in [6.07, 6.45) is 9.71. The Morgan fingerprint density at radius 2 is 1.26 bits per heavy atom. The molecule has 0 aliphatic carbocycles. The van der Waals surface area contributed by atoms with Gasteiger partial charge in [0.2, 0.25) is 0 Å². The molecule has 35 heavy (non-hydrogen) atoms. The molecule has 4 aliphatic rings. The molecule has 0 aromatic rings. The molecule has 0 saturated carbocycles. The predicted molar refractivity (Wildman–Crippen MR) is 131 cm³/mol. The molecule has 200 valence electrons. The summed E-state index contributed by atoms with van der Waals surface area (Å²) < 4.78 is 34.3. The van der Waals surface area contributed by atoms with Crippen molar-refractivity contribution in [1.29, 1.82) is 0 Å². The largest absolute Gasteiger partial charge is 0.466 e. The molecule has 4 atom stereocenters. The maximum atomic E-state index is 10.9. The van der Waals surface area contributed by atoms with Crippen LogP contribution in [0.15, 0.2) is 38.0 Å². The Kier molecular flexibility index (Phi) is 17.9. The molecule has 4 aliphatic heterocycles. The number of hydrogen-bond acceptors (Lipinski definition) is 9. The Labute approximate surface area is 209 Å². The Hall–Kier alpha value is -2.04. The second kappa shape index (κ2) is 20.2. The molecule has 0 radical (unpaired) electrons. The minimum absolute atomic E-state index is 0.143. The van der Waals surface area contributed by atoms with Crippen LogP contribution in [0.2, 0.25) is 0 Å². The van der Waals surface area contributed by atoms with E-state index in [4.69, 9.17) is 33.2 Å². The summed E-state index contributed by atoms with van der Waals surface area (Å²) in [5.41, 5.74) is 0. The highest BCUT2D eigenvalue weighted by Gasteiger charge is 2.24. The van der Waals surface area contributed by atoms with Crippen molar-refractivity contribution in [2.45, 2.75) is 63.4 Å². The summed E-state index contributed by atoms with van der Waals surface area (Å²) >= 11 is 0. The van der Waals surface area contributed by atoms with E-state index in [-0.39, 0.29) is 18.0 Å². The second-order valence-corrected chi connectivity index (χ2v) is 8.18. The Morgan fingerprint density at radius 1 is 0.771 bits per heavy atom. The summed E-state index contributed by atoms with van der Waals surface area (Å²) in [4.78, 5) is 21.7. The van der Waals surface area contributed by atoms with Crippen molar-refractivity contribution >= 4 is 11.9 Å². The quantitative estimate of drug-likeness (QED) is 0.145. The third-order valence-electron chi connectivity index (χ3n) is 4.48. The van der Waals surface area contributed by atoms with Crippen molar-refractivity contribution < 1.29 is 42.7 Å². The minimum Gasteiger partial charge on any atom is -0.466 e. The predicted octanol–water partition coefficient (Wildman–Crippen LogP) is 3.17. The molecule has 0 amide bonds. The van der Waals surface area contributed by atoms with Gasteiger partial charge in [0.25, 0.3) is 0 Å². The van der Waals surface area contributed by atoms with Gasteiger partial charge in [0.05, 0.1) is 58.5 Å². The summed E-state index contributed by atoms with van der Waals surface area (Å²) in [6, 6.07) is 0. The van der Waals surface area contributed by atoms with Gasteiger partial charge in [0.15, 0.2) is 0 Å². The van der Waals surface area contributed by atoms with Crippen molar-refractivity contribution in [2.24, 2.45) is 0 Å². The summed E-state index contributed by atoms with van der Waals surface area (Å²) in [5.74, 6) is -0.309. The Morgan fingerprint density at radius 3 is 1.69 bits per heavy atom. The first-order valence-corrected chi connectivity index (χ1v) is 12.2. The fourth-order valence-corrected chi connectivity index (χ4v) is 2.02. The van der Waals surface area contributed by atoms with E-state index >= 15 is 0 Å². The molecule has 4 fully saturated rings. The van der Waals surface area contributed by atoms with Crippen LogP contribution in [0, 0.1) is 0 Å². The van der Waals surface area contributed by atoms with Crippen LogP contribution in [0.25, 0.3) is 0 Å². The molecule has 4 saturated heterocycles. The van der Waals surface area contributed by atoms with Crippen molar-refractivity contribution in [3.05, 3.63) is 38.0 Å². The molecule has 9 nitrogen and oxygen atoms in total. The molecule has 0 bridgehead atoms. The van der Waals surface area contributed by atoms with Crippen LogP contribution in [-0.4, -0.2) is 89.2 Å². The molecular formula is C26H42O9. The van der Waals surface area contributed by atoms with Gasteiger partial charge in [-0.05, 0) is 19.8 Å². The fraction of sp³-hybridized carbons (Fsp3) is 0.692. The number of allylic oxidation sites excluding steroid dienone is 2. The smallest absolute Gasteiger partial charge is 0.306 e. The first kappa shape index (κ1) is 31.0. The zero-order chi connectivity index (χ0) is 25.7. The number of carbonyl (C=O) groups excluding carboxylic acids is 2. The van der Waals surface area contributed by atoms with Crippen molar-refractivity contribution in [2.75, 3.05) is 52.9 Å². The molecule has 4 unspecified atom stereocenters. The fourth-order valence-electron chi connectivity index (χ4n) is 2.02. The molecular weight excluding hydrogens is 456 g/mol. The van der Waals surface area contributed by atoms with Gasteiger partial charge >= 0.3 is 11.9 Å². The summed E-state index contributed by atoms with van der Waals surface area (Å²) in [5, 5.41) is 0. The van der Waals surface area contributed by atoms with Crippen molar-refractivity contribution in [3.63, 3.8) is 0 Å². The van der Waals surface area contributed by atoms with E-state index in [1.807, 2.05) is 0 Å². The molecule has 0 N–H and O–H groups in total. The number of esters is 2. The van der Waals surface area contributed by atoms with Crippen LogP contribution < -0.4 is 0 Å². The zero-order valence-corrected chi connectivity index (χ0v) is 21.0. The molecule has 4 rings (SSSR count). The highest BCUT2D eigenvalue weighted by Crippen LogP contribution is 2.13. The third-order valence-corrected chi connectivity index (χ3v) is 4.48. The molecule has 0 aromatic heterocycles.